The number of benzene rings is 1. The van der Waals surface area contributed by atoms with Crippen LogP contribution in [0.15, 0.2) is 30.3 Å². The summed E-state index contributed by atoms with van der Waals surface area (Å²) in [5, 5.41) is 15.0. The van der Waals surface area contributed by atoms with Crippen molar-refractivity contribution in [1.29, 1.82) is 0 Å². The van der Waals surface area contributed by atoms with Crippen LogP contribution in [0.5, 0.6) is 0 Å². The highest BCUT2D eigenvalue weighted by molar-refractivity contribution is 5.77. The van der Waals surface area contributed by atoms with E-state index in [1.54, 1.807) is 0 Å². The molecule has 4 heteroatoms. The third-order valence-electron chi connectivity index (χ3n) is 3.72. The van der Waals surface area contributed by atoms with Gasteiger partial charge in [-0.1, -0.05) is 30.3 Å². The molecule has 0 spiro atoms. The van der Waals surface area contributed by atoms with Gasteiger partial charge in [0.1, 0.15) is 0 Å². The average Bonchev–Trinajstić information content (AvgIpc) is 3.18. The molecule has 0 saturated heterocycles. The van der Waals surface area contributed by atoms with Gasteiger partial charge in [0.05, 0.1) is 6.54 Å². The molecule has 4 nitrogen and oxygen atoms in total. The van der Waals surface area contributed by atoms with Crippen molar-refractivity contribution >= 4 is 5.91 Å². The SMILES string of the molecule is O=C(CNCC1(CCO)CC1)NCc1ccccc1. The third-order valence-corrected chi connectivity index (χ3v) is 3.72. The summed E-state index contributed by atoms with van der Waals surface area (Å²) < 4.78 is 0. The Morgan fingerprint density at radius 3 is 2.63 bits per heavy atom. The molecule has 1 aliphatic carbocycles. The van der Waals surface area contributed by atoms with Gasteiger partial charge in [-0.25, -0.2) is 0 Å². The van der Waals surface area contributed by atoms with E-state index in [0.717, 1.165) is 31.4 Å². The second kappa shape index (κ2) is 6.68. The van der Waals surface area contributed by atoms with Crippen molar-refractivity contribution in [3.05, 3.63) is 35.9 Å². The lowest BCUT2D eigenvalue weighted by molar-refractivity contribution is -0.120. The lowest BCUT2D eigenvalue weighted by Gasteiger charge is -2.14. The number of nitrogens with one attached hydrogen (secondary N) is 2. The number of hydrogen-bond acceptors (Lipinski definition) is 3. The normalized spacial score (nSPS) is 16.1. The van der Waals surface area contributed by atoms with Crippen LogP contribution in [0.25, 0.3) is 0 Å². The van der Waals surface area contributed by atoms with E-state index in [4.69, 9.17) is 5.11 Å². The lowest BCUT2D eigenvalue weighted by atomic mass is 10.0. The minimum atomic E-state index is 0.0173. The van der Waals surface area contributed by atoms with Crippen molar-refractivity contribution in [3.63, 3.8) is 0 Å². The van der Waals surface area contributed by atoms with Crippen LogP contribution in [0.2, 0.25) is 0 Å². The van der Waals surface area contributed by atoms with E-state index in [2.05, 4.69) is 10.6 Å². The van der Waals surface area contributed by atoms with Crippen molar-refractivity contribution < 1.29 is 9.90 Å². The van der Waals surface area contributed by atoms with Gasteiger partial charge in [-0.15, -0.1) is 0 Å². The zero-order chi connectivity index (χ0) is 13.6. The molecule has 104 valence electrons. The molecule has 0 unspecified atom stereocenters. The minimum absolute atomic E-state index is 0.0173. The Balaban J connectivity index is 1.60. The van der Waals surface area contributed by atoms with Crippen molar-refractivity contribution in [1.82, 2.24) is 10.6 Å². The van der Waals surface area contributed by atoms with Crippen molar-refractivity contribution in [2.24, 2.45) is 5.41 Å². The fraction of sp³-hybridized carbons (Fsp3) is 0.533. The first-order valence-electron chi connectivity index (χ1n) is 6.86. The van der Waals surface area contributed by atoms with Crippen molar-refractivity contribution in [3.8, 4) is 0 Å². The number of hydrogen-bond donors (Lipinski definition) is 3. The standard InChI is InChI=1S/C15H22N2O2/c18-9-8-15(6-7-15)12-16-11-14(19)17-10-13-4-2-1-3-5-13/h1-5,16,18H,6-12H2,(H,17,19). The van der Waals surface area contributed by atoms with Crippen LogP contribution >= 0.6 is 0 Å². The third kappa shape index (κ3) is 4.65. The van der Waals surface area contributed by atoms with E-state index in [9.17, 15) is 4.79 Å². The molecule has 0 atom stereocenters. The van der Waals surface area contributed by atoms with Gasteiger partial charge in [-0.3, -0.25) is 4.79 Å². The zero-order valence-corrected chi connectivity index (χ0v) is 11.2. The summed E-state index contributed by atoms with van der Waals surface area (Å²) in [6.45, 7) is 1.98. The second-order valence-corrected chi connectivity index (χ2v) is 5.34. The van der Waals surface area contributed by atoms with Crippen LogP contribution in [0, 0.1) is 5.41 Å². The number of aliphatic hydroxyl groups excluding tert-OH is 1. The van der Waals surface area contributed by atoms with E-state index in [1.807, 2.05) is 30.3 Å². The Morgan fingerprint density at radius 2 is 2.00 bits per heavy atom. The molecule has 0 aliphatic heterocycles. The Hall–Kier alpha value is -1.39. The van der Waals surface area contributed by atoms with Crippen LogP contribution < -0.4 is 10.6 Å². The van der Waals surface area contributed by atoms with Crippen LogP contribution in [0.4, 0.5) is 0 Å². The van der Waals surface area contributed by atoms with Crippen LogP contribution in [-0.2, 0) is 11.3 Å². The van der Waals surface area contributed by atoms with Gasteiger partial charge in [-0.2, -0.15) is 0 Å². The number of carbonyl (C=O) groups is 1. The smallest absolute Gasteiger partial charge is 0.234 e. The van der Waals surface area contributed by atoms with Crippen molar-refractivity contribution in [2.45, 2.75) is 25.8 Å². The highest BCUT2D eigenvalue weighted by Gasteiger charge is 2.41. The summed E-state index contributed by atoms with van der Waals surface area (Å²) in [6.07, 6.45) is 3.16. The predicted octanol–water partition coefficient (Wildman–Crippen LogP) is 1.05. The molecule has 3 N–H and O–H groups in total. The molecule has 0 heterocycles. The Morgan fingerprint density at radius 1 is 1.26 bits per heavy atom. The number of aliphatic hydroxyl groups is 1. The first kappa shape index (κ1) is 14.0. The lowest BCUT2D eigenvalue weighted by Crippen LogP contribution is -2.36. The average molecular weight is 262 g/mol. The largest absolute Gasteiger partial charge is 0.396 e. The van der Waals surface area contributed by atoms with Gasteiger partial charge in [0.25, 0.3) is 0 Å². The van der Waals surface area contributed by atoms with E-state index in [0.29, 0.717) is 13.1 Å². The minimum Gasteiger partial charge on any atom is -0.396 e. The Labute approximate surface area is 114 Å². The molecule has 0 aromatic heterocycles. The Bertz CT molecular complexity index is 402. The molecule has 19 heavy (non-hydrogen) atoms. The van der Waals surface area contributed by atoms with Gasteiger partial charge in [0, 0.05) is 19.7 Å². The first-order chi connectivity index (χ1) is 9.24. The predicted molar refractivity (Wildman–Crippen MR) is 74.5 cm³/mol. The first-order valence-corrected chi connectivity index (χ1v) is 6.86. The summed E-state index contributed by atoms with van der Waals surface area (Å²) >= 11 is 0. The van der Waals surface area contributed by atoms with E-state index in [1.165, 1.54) is 0 Å². The highest BCUT2D eigenvalue weighted by atomic mass is 16.3. The van der Waals surface area contributed by atoms with Gasteiger partial charge in [0.2, 0.25) is 5.91 Å². The topological polar surface area (TPSA) is 61.4 Å². The fourth-order valence-electron chi connectivity index (χ4n) is 2.23. The van der Waals surface area contributed by atoms with Gasteiger partial charge in [-0.05, 0) is 30.2 Å². The fourth-order valence-corrected chi connectivity index (χ4v) is 2.23. The molecule has 2 rings (SSSR count). The van der Waals surface area contributed by atoms with Gasteiger partial charge < -0.3 is 15.7 Å². The molecular formula is C15H22N2O2. The van der Waals surface area contributed by atoms with E-state index < -0.39 is 0 Å². The molecule has 1 fully saturated rings. The maximum Gasteiger partial charge on any atom is 0.234 e. The van der Waals surface area contributed by atoms with Crippen LogP contribution in [0.3, 0.4) is 0 Å². The highest BCUT2D eigenvalue weighted by Crippen LogP contribution is 2.47. The van der Waals surface area contributed by atoms with E-state index >= 15 is 0 Å². The van der Waals surface area contributed by atoms with Crippen LogP contribution in [-0.4, -0.2) is 30.7 Å². The number of carbonyl (C=O) groups excluding carboxylic acids is 1. The van der Waals surface area contributed by atoms with Crippen molar-refractivity contribution in [2.75, 3.05) is 19.7 Å². The van der Waals surface area contributed by atoms with Gasteiger partial charge in [0.15, 0.2) is 0 Å². The molecule has 1 aromatic carbocycles. The summed E-state index contributed by atoms with van der Waals surface area (Å²) in [5.74, 6) is 0.0173. The summed E-state index contributed by atoms with van der Waals surface area (Å²) in [5.41, 5.74) is 1.36. The van der Waals surface area contributed by atoms with Gasteiger partial charge >= 0.3 is 0 Å². The molecule has 0 bridgehead atoms. The summed E-state index contributed by atoms with van der Waals surface area (Å²) in [7, 11) is 0. The van der Waals surface area contributed by atoms with E-state index in [-0.39, 0.29) is 17.9 Å². The summed E-state index contributed by atoms with van der Waals surface area (Å²) in [6, 6.07) is 9.88. The maximum atomic E-state index is 11.7. The monoisotopic (exact) mass is 262 g/mol. The second-order valence-electron chi connectivity index (χ2n) is 5.34. The molecule has 1 amide bonds. The number of rotatable bonds is 8. The Kier molecular flexibility index (Phi) is 4.93. The molecular weight excluding hydrogens is 240 g/mol. The quantitative estimate of drug-likeness (QED) is 0.656. The maximum absolute atomic E-state index is 11.7. The number of amides is 1. The zero-order valence-electron chi connectivity index (χ0n) is 11.2. The van der Waals surface area contributed by atoms with Crippen LogP contribution in [0.1, 0.15) is 24.8 Å². The summed E-state index contributed by atoms with van der Waals surface area (Å²) in [4.78, 5) is 11.7. The molecule has 1 saturated carbocycles. The molecule has 1 aromatic rings. The molecule has 0 radical (unpaired) electrons. The molecule has 1 aliphatic rings.